The van der Waals surface area contributed by atoms with Gasteiger partial charge >= 0.3 is 0 Å². The van der Waals surface area contributed by atoms with E-state index in [-0.39, 0.29) is 18.3 Å². The molecule has 0 atom stereocenters. The van der Waals surface area contributed by atoms with Crippen molar-refractivity contribution in [2.75, 3.05) is 30.3 Å². The van der Waals surface area contributed by atoms with E-state index in [0.29, 0.717) is 19.7 Å². The third-order valence-corrected chi connectivity index (χ3v) is 4.58. The molecule has 0 unspecified atom stereocenters. The van der Waals surface area contributed by atoms with Crippen molar-refractivity contribution in [1.29, 1.82) is 0 Å². The van der Waals surface area contributed by atoms with Crippen molar-refractivity contribution < 1.29 is 9.53 Å². The summed E-state index contributed by atoms with van der Waals surface area (Å²) in [6, 6.07) is 13.8. The lowest BCUT2D eigenvalue weighted by atomic mass is 10.00. The molecule has 0 fully saturated rings. The molecule has 2 aromatic carbocycles. The number of rotatable bonds is 7. The van der Waals surface area contributed by atoms with Gasteiger partial charge in [-0.05, 0) is 54.7 Å². The van der Waals surface area contributed by atoms with E-state index in [2.05, 4.69) is 17.1 Å². The van der Waals surface area contributed by atoms with Gasteiger partial charge in [0, 0.05) is 24.5 Å². The van der Waals surface area contributed by atoms with Crippen LogP contribution in [0.25, 0.3) is 0 Å². The molecule has 0 aromatic heterocycles. The Kier molecular flexibility index (Phi) is 7.80. The lowest BCUT2D eigenvalue weighted by Gasteiger charge is -2.31. The standard InChI is InChI=1S/C21H27N3O2.ClH/c1-2-12-26-17-7-3-6-16(13-17)14-23-21(25)15-24-11-5-8-18-19(22)9-4-10-20(18)24;/h3-4,6-7,9-10,13H,2,5,8,11-12,14-15,22H2,1H3,(H,23,25);1H. The molecule has 0 aliphatic carbocycles. The molecule has 0 saturated heterocycles. The molecule has 146 valence electrons. The van der Waals surface area contributed by atoms with Crippen LogP contribution >= 0.6 is 12.4 Å². The average Bonchev–Trinajstić information content (AvgIpc) is 2.66. The normalized spacial score (nSPS) is 12.7. The van der Waals surface area contributed by atoms with Gasteiger partial charge in [0.15, 0.2) is 0 Å². The van der Waals surface area contributed by atoms with Crippen molar-refractivity contribution in [2.24, 2.45) is 0 Å². The SMILES string of the molecule is CCCOc1cccc(CNC(=O)CN2CCCc3c(N)cccc32)c1.Cl. The first-order valence-electron chi connectivity index (χ1n) is 9.28. The van der Waals surface area contributed by atoms with Gasteiger partial charge < -0.3 is 20.7 Å². The monoisotopic (exact) mass is 389 g/mol. The lowest BCUT2D eigenvalue weighted by molar-refractivity contribution is -0.119. The summed E-state index contributed by atoms with van der Waals surface area (Å²) in [5.74, 6) is 0.860. The van der Waals surface area contributed by atoms with Crippen LogP contribution in [0.5, 0.6) is 5.75 Å². The number of anilines is 2. The van der Waals surface area contributed by atoms with Crippen LogP contribution < -0.4 is 20.7 Å². The maximum atomic E-state index is 12.4. The number of carbonyl (C=O) groups is 1. The van der Waals surface area contributed by atoms with Gasteiger partial charge in [0.05, 0.1) is 13.2 Å². The summed E-state index contributed by atoms with van der Waals surface area (Å²) in [5.41, 5.74) is 10.2. The number of hydrogen-bond donors (Lipinski definition) is 2. The zero-order valence-electron chi connectivity index (χ0n) is 15.7. The van der Waals surface area contributed by atoms with Crippen molar-refractivity contribution in [1.82, 2.24) is 5.32 Å². The fourth-order valence-corrected chi connectivity index (χ4v) is 3.29. The van der Waals surface area contributed by atoms with Crippen LogP contribution in [0.1, 0.15) is 30.9 Å². The van der Waals surface area contributed by atoms with E-state index in [9.17, 15) is 4.79 Å². The summed E-state index contributed by atoms with van der Waals surface area (Å²) in [5, 5.41) is 3.01. The van der Waals surface area contributed by atoms with Crippen molar-refractivity contribution in [2.45, 2.75) is 32.7 Å². The molecule has 6 heteroatoms. The number of benzene rings is 2. The second-order valence-electron chi connectivity index (χ2n) is 6.64. The van der Waals surface area contributed by atoms with E-state index in [0.717, 1.165) is 54.1 Å². The van der Waals surface area contributed by atoms with Gasteiger partial charge in [0.2, 0.25) is 5.91 Å². The molecule has 1 heterocycles. The number of carbonyl (C=O) groups excluding carboxylic acids is 1. The van der Waals surface area contributed by atoms with Gasteiger partial charge in [-0.1, -0.05) is 25.1 Å². The first-order chi connectivity index (χ1) is 12.7. The minimum Gasteiger partial charge on any atom is -0.494 e. The summed E-state index contributed by atoms with van der Waals surface area (Å²) < 4.78 is 5.64. The maximum absolute atomic E-state index is 12.4. The fraction of sp³-hybridized carbons (Fsp3) is 0.381. The van der Waals surface area contributed by atoms with Gasteiger partial charge in [-0.15, -0.1) is 12.4 Å². The predicted molar refractivity (Wildman–Crippen MR) is 113 cm³/mol. The Morgan fingerprint density at radius 2 is 2.07 bits per heavy atom. The molecule has 1 aliphatic heterocycles. The average molecular weight is 390 g/mol. The van der Waals surface area contributed by atoms with Crippen LogP contribution in [0.2, 0.25) is 0 Å². The summed E-state index contributed by atoms with van der Waals surface area (Å²) in [6.07, 6.45) is 2.97. The van der Waals surface area contributed by atoms with Gasteiger partial charge in [0.25, 0.3) is 0 Å². The van der Waals surface area contributed by atoms with E-state index in [1.165, 1.54) is 0 Å². The fourth-order valence-electron chi connectivity index (χ4n) is 3.29. The third-order valence-electron chi connectivity index (χ3n) is 4.58. The molecule has 5 nitrogen and oxygen atoms in total. The number of nitrogens with two attached hydrogens (primary N) is 1. The molecular weight excluding hydrogens is 362 g/mol. The van der Waals surface area contributed by atoms with Crippen LogP contribution in [-0.2, 0) is 17.8 Å². The summed E-state index contributed by atoms with van der Waals surface area (Å²) in [7, 11) is 0. The molecule has 3 N–H and O–H groups in total. The zero-order chi connectivity index (χ0) is 18.4. The minimum absolute atomic E-state index is 0. The molecule has 0 saturated carbocycles. The van der Waals surface area contributed by atoms with E-state index >= 15 is 0 Å². The summed E-state index contributed by atoms with van der Waals surface area (Å²) >= 11 is 0. The molecule has 0 radical (unpaired) electrons. The second-order valence-corrected chi connectivity index (χ2v) is 6.64. The molecule has 27 heavy (non-hydrogen) atoms. The third kappa shape index (κ3) is 5.54. The van der Waals surface area contributed by atoms with Crippen LogP contribution in [0, 0.1) is 0 Å². The Bertz CT molecular complexity index is 767. The van der Waals surface area contributed by atoms with Gasteiger partial charge in [-0.2, -0.15) is 0 Å². The number of nitrogen functional groups attached to an aromatic ring is 1. The highest BCUT2D eigenvalue weighted by Crippen LogP contribution is 2.30. The molecule has 2 aromatic rings. The van der Waals surface area contributed by atoms with E-state index in [1.807, 2.05) is 42.5 Å². The molecule has 0 spiro atoms. The topological polar surface area (TPSA) is 67.6 Å². The highest BCUT2D eigenvalue weighted by Gasteiger charge is 2.20. The summed E-state index contributed by atoms with van der Waals surface area (Å²) in [6.45, 7) is 4.51. The molecule has 1 amide bonds. The number of amides is 1. The quantitative estimate of drug-likeness (QED) is 0.710. The van der Waals surface area contributed by atoms with Crippen molar-refractivity contribution in [3.05, 3.63) is 53.6 Å². The van der Waals surface area contributed by atoms with Crippen molar-refractivity contribution >= 4 is 29.7 Å². The number of halogens is 1. The number of hydrogen-bond acceptors (Lipinski definition) is 4. The first kappa shape index (κ1) is 20.9. The highest BCUT2D eigenvalue weighted by atomic mass is 35.5. The summed E-state index contributed by atoms with van der Waals surface area (Å²) in [4.78, 5) is 14.5. The maximum Gasteiger partial charge on any atom is 0.239 e. The van der Waals surface area contributed by atoms with Gasteiger partial charge in [-0.25, -0.2) is 0 Å². The molecular formula is C21H28ClN3O2. The molecule has 0 bridgehead atoms. The smallest absolute Gasteiger partial charge is 0.239 e. The van der Waals surface area contributed by atoms with Crippen molar-refractivity contribution in [3.8, 4) is 5.75 Å². The number of fused-ring (bicyclic) bond motifs is 1. The second kappa shape index (κ2) is 10.1. The Morgan fingerprint density at radius 1 is 1.26 bits per heavy atom. The predicted octanol–water partition coefficient (Wildman–Crippen LogP) is 3.55. The van der Waals surface area contributed by atoms with Crippen LogP contribution in [0.15, 0.2) is 42.5 Å². The largest absolute Gasteiger partial charge is 0.494 e. The van der Waals surface area contributed by atoms with Crippen LogP contribution in [-0.4, -0.2) is 25.6 Å². The highest BCUT2D eigenvalue weighted by molar-refractivity contribution is 5.85. The molecule has 1 aliphatic rings. The van der Waals surface area contributed by atoms with E-state index < -0.39 is 0 Å². The first-order valence-corrected chi connectivity index (χ1v) is 9.28. The van der Waals surface area contributed by atoms with Crippen LogP contribution in [0.3, 0.4) is 0 Å². The lowest BCUT2D eigenvalue weighted by Crippen LogP contribution is -2.39. The Hall–Kier alpha value is -2.40. The number of ether oxygens (including phenoxy) is 1. The Labute approximate surface area is 167 Å². The number of nitrogens with zero attached hydrogens (tertiary/aromatic N) is 1. The number of nitrogens with one attached hydrogen (secondary N) is 1. The van der Waals surface area contributed by atoms with Crippen molar-refractivity contribution in [3.63, 3.8) is 0 Å². The zero-order valence-corrected chi connectivity index (χ0v) is 16.6. The van der Waals surface area contributed by atoms with Gasteiger partial charge in [-0.3, -0.25) is 4.79 Å². The van der Waals surface area contributed by atoms with E-state index in [4.69, 9.17) is 10.5 Å². The Balaban J connectivity index is 0.00000261. The van der Waals surface area contributed by atoms with E-state index in [1.54, 1.807) is 0 Å². The Morgan fingerprint density at radius 3 is 2.89 bits per heavy atom. The van der Waals surface area contributed by atoms with Gasteiger partial charge in [0.1, 0.15) is 5.75 Å². The molecule has 3 rings (SSSR count). The van der Waals surface area contributed by atoms with Crippen LogP contribution in [0.4, 0.5) is 11.4 Å². The minimum atomic E-state index is 0.